The van der Waals surface area contributed by atoms with Crippen molar-refractivity contribution in [2.24, 2.45) is 0 Å². The molecule has 0 saturated carbocycles. The number of fused-ring (bicyclic) bond motifs is 6. The smallest absolute Gasteiger partial charge is 0.00201 e. The second kappa shape index (κ2) is 13.2. The van der Waals surface area contributed by atoms with Crippen molar-refractivity contribution >= 4 is 76.8 Å². The Labute approximate surface area is 326 Å². The molecule has 0 aliphatic carbocycles. The Morgan fingerprint density at radius 1 is 0.232 bits per heavy atom. The fourth-order valence-electron chi connectivity index (χ4n) is 9.10. The van der Waals surface area contributed by atoms with Gasteiger partial charge in [0.1, 0.15) is 0 Å². The Hall–Kier alpha value is -7.28. The Balaban J connectivity index is 1.07. The molecule has 0 amide bonds. The Morgan fingerprint density at radius 2 is 0.661 bits per heavy atom. The molecule has 0 unspecified atom stereocenters. The molecule has 0 nitrogen and oxygen atoms in total. The van der Waals surface area contributed by atoms with E-state index in [1.54, 1.807) is 0 Å². The van der Waals surface area contributed by atoms with Crippen LogP contribution in [0.4, 0.5) is 0 Å². The van der Waals surface area contributed by atoms with E-state index >= 15 is 0 Å². The highest BCUT2D eigenvalue weighted by atomic mass is 14.2. The second-order valence-corrected chi connectivity index (χ2v) is 14.8. The molecule has 0 fully saturated rings. The van der Waals surface area contributed by atoms with Crippen LogP contribution in [0.3, 0.4) is 0 Å². The molecule has 11 aromatic carbocycles. The average molecular weight is 709 g/mol. The minimum atomic E-state index is 1.20. The summed E-state index contributed by atoms with van der Waals surface area (Å²) < 4.78 is 0. The molecular weight excluding hydrogens is 673 g/mol. The van der Waals surface area contributed by atoms with Crippen molar-refractivity contribution in [3.05, 3.63) is 217 Å². The number of benzene rings is 11. The minimum Gasteiger partial charge on any atom is -0.0616 e. The van der Waals surface area contributed by atoms with Gasteiger partial charge in [0.05, 0.1) is 0 Å². The maximum absolute atomic E-state index is 2.35. The quantitative estimate of drug-likeness (QED) is 0.123. The van der Waals surface area contributed by atoms with Gasteiger partial charge in [0, 0.05) is 0 Å². The van der Waals surface area contributed by atoms with Crippen molar-refractivity contribution in [2.45, 2.75) is 0 Å². The zero-order valence-corrected chi connectivity index (χ0v) is 30.8. The summed E-state index contributed by atoms with van der Waals surface area (Å²) in [7, 11) is 0. The van der Waals surface area contributed by atoms with Gasteiger partial charge in [0.2, 0.25) is 0 Å². The third-order valence-electron chi connectivity index (χ3n) is 11.7. The first-order chi connectivity index (χ1) is 27.8. The van der Waals surface area contributed by atoms with Gasteiger partial charge < -0.3 is 0 Å². The lowest BCUT2D eigenvalue weighted by Crippen LogP contribution is -1.92. The van der Waals surface area contributed by atoms with E-state index in [0.29, 0.717) is 0 Å². The number of hydrogen-bond donors (Lipinski definition) is 0. The lowest BCUT2D eigenvalue weighted by molar-refractivity contribution is 1.66. The molecule has 0 atom stereocenters. The molecule has 0 N–H and O–H groups in total. The van der Waals surface area contributed by atoms with Crippen LogP contribution in [-0.4, -0.2) is 0 Å². The van der Waals surface area contributed by atoms with Gasteiger partial charge in [-0.25, -0.2) is 0 Å². The molecule has 0 aromatic heterocycles. The molecule has 56 heavy (non-hydrogen) atoms. The van der Waals surface area contributed by atoms with Crippen LogP contribution in [0.1, 0.15) is 11.1 Å². The van der Waals surface area contributed by atoms with Gasteiger partial charge in [-0.1, -0.05) is 212 Å². The first kappa shape index (κ1) is 32.2. The van der Waals surface area contributed by atoms with Crippen molar-refractivity contribution in [3.63, 3.8) is 0 Å². The SMILES string of the molecule is C(=Cc1ccc(-c2c3ccccc3c(-c3ccc4ccccc4c3)c3ccccc23)c2ccccc12)c1ccc(-c2cccc3ccccc23)c2ccccc12. The van der Waals surface area contributed by atoms with Crippen LogP contribution >= 0.6 is 0 Å². The highest BCUT2D eigenvalue weighted by molar-refractivity contribution is 6.24. The summed E-state index contributed by atoms with van der Waals surface area (Å²) in [5.41, 5.74) is 9.99. The van der Waals surface area contributed by atoms with Crippen molar-refractivity contribution in [1.82, 2.24) is 0 Å². The fourth-order valence-corrected chi connectivity index (χ4v) is 9.10. The van der Waals surface area contributed by atoms with E-state index in [1.807, 2.05) is 0 Å². The van der Waals surface area contributed by atoms with Crippen LogP contribution in [0.25, 0.3) is 110 Å². The molecule has 11 rings (SSSR count). The van der Waals surface area contributed by atoms with E-state index in [0.717, 1.165) is 0 Å². The Bertz CT molecular complexity index is 3300. The molecule has 0 heteroatoms. The topological polar surface area (TPSA) is 0 Å². The van der Waals surface area contributed by atoms with Gasteiger partial charge in [-0.15, -0.1) is 0 Å². The van der Waals surface area contributed by atoms with Crippen LogP contribution in [0, 0.1) is 0 Å². The predicted octanol–water partition coefficient (Wildman–Crippen LogP) is 15.8. The monoisotopic (exact) mass is 708 g/mol. The van der Waals surface area contributed by atoms with E-state index in [9.17, 15) is 0 Å². The molecule has 260 valence electrons. The van der Waals surface area contributed by atoms with E-state index in [-0.39, 0.29) is 0 Å². The first-order valence-electron chi connectivity index (χ1n) is 19.4. The van der Waals surface area contributed by atoms with E-state index in [4.69, 9.17) is 0 Å². The summed E-state index contributed by atoms with van der Waals surface area (Å²) in [5.74, 6) is 0. The average Bonchev–Trinajstić information content (AvgIpc) is 3.27. The predicted molar refractivity (Wildman–Crippen MR) is 243 cm³/mol. The maximum atomic E-state index is 2.35. The van der Waals surface area contributed by atoms with Gasteiger partial charge in [0.25, 0.3) is 0 Å². The molecular formula is C56H36. The molecule has 0 radical (unpaired) electrons. The number of rotatable bonds is 5. The molecule has 0 bridgehead atoms. The standard InChI is InChI=1S/C56H36/c1-2-16-41-36-42(31-28-37(41)14-1)55-50-23-9-11-25-52(50)56(53-26-12-10-24-51(53)55)54-35-33-40(45-20-6-8-22-48(45)54)30-29-39-32-34-49(46-21-7-5-19-44(39)46)47-27-13-17-38-15-3-4-18-43(38)47/h1-36H. The summed E-state index contributed by atoms with van der Waals surface area (Å²) in [6.07, 6.45) is 4.59. The van der Waals surface area contributed by atoms with Gasteiger partial charge in [-0.3, -0.25) is 0 Å². The summed E-state index contributed by atoms with van der Waals surface area (Å²) >= 11 is 0. The van der Waals surface area contributed by atoms with Gasteiger partial charge >= 0.3 is 0 Å². The van der Waals surface area contributed by atoms with Crippen molar-refractivity contribution < 1.29 is 0 Å². The maximum Gasteiger partial charge on any atom is -0.00201 e. The second-order valence-electron chi connectivity index (χ2n) is 14.8. The van der Waals surface area contributed by atoms with Crippen LogP contribution in [0.15, 0.2) is 206 Å². The summed E-state index contributed by atoms with van der Waals surface area (Å²) in [4.78, 5) is 0. The zero-order valence-electron chi connectivity index (χ0n) is 30.8. The van der Waals surface area contributed by atoms with Crippen LogP contribution in [-0.2, 0) is 0 Å². The lowest BCUT2D eigenvalue weighted by atomic mass is 9.84. The van der Waals surface area contributed by atoms with Crippen molar-refractivity contribution in [1.29, 1.82) is 0 Å². The molecule has 0 aliphatic rings. The molecule has 0 heterocycles. The molecule has 0 spiro atoms. The zero-order chi connectivity index (χ0) is 37.0. The minimum absolute atomic E-state index is 1.20. The van der Waals surface area contributed by atoms with E-state index < -0.39 is 0 Å². The fraction of sp³-hybridized carbons (Fsp3) is 0. The highest BCUT2D eigenvalue weighted by Gasteiger charge is 2.19. The highest BCUT2D eigenvalue weighted by Crippen LogP contribution is 2.46. The van der Waals surface area contributed by atoms with Crippen molar-refractivity contribution in [2.75, 3.05) is 0 Å². The Morgan fingerprint density at radius 3 is 1.29 bits per heavy atom. The Kier molecular flexibility index (Phi) is 7.60. The van der Waals surface area contributed by atoms with Gasteiger partial charge in [-0.2, -0.15) is 0 Å². The van der Waals surface area contributed by atoms with Crippen LogP contribution in [0.2, 0.25) is 0 Å². The van der Waals surface area contributed by atoms with E-state index in [1.165, 1.54) is 109 Å². The third kappa shape index (κ3) is 5.22. The van der Waals surface area contributed by atoms with Crippen LogP contribution < -0.4 is 0 Å². The van der Waals surface area contributed by atoms with Crippen molar-refractivity contribution in [3.8, 4) is 33.4 Å². The normalized spacial score (nSPS) is 11.9. The van der Waals surface area contributed by atoms with Crippen LogP contribution in [0.5, 0.6) is 0 Å². The largest absolute Gasteiger partial charge is 0.0616 e. The number of hydrogen-bond acceptors (Lipinski definition) is 0. The first-order valence-corrected chi connectivity index (χ1v) is 19.4. The summed E-state index contributed by atoms with van der Waals surface area (Å²) in [6, 6.07) is 75.6. The lowest BCUT2D eigenvalue weighted by Gasteiger charge is -2.19. The molecule has 0 saturated heterocycles. The summed E-state index contributed by atoms with van der Waals surface area (Å²) in [6.45, 7) is 0. The van der Waals surface area contributed by atoms with Gasteiger partial charge in [-0.05, 0) is 115 Å². The van der Waals surface area contributed by atoms with Gasteiger partial charge in [0.15, 0.2) is 0 Å². The molecule has 11 aromatic rings. The van der Waals surface area contributed by atoms with E-state index in [2.05, 4.69) is 218 Å². The third-order valence-corrected chi connectivity index (χ3v) is 11.7. The summed E-state index contributed by atoms with van der Waals surface area (Å²) in [5, 5.41) is 15.1. The molecule has 0 aliphatic heterocycles.